The molecule has 74 valence electrons. The fraction of sp³-hybridized carbons (Fsp3) is 0.111. The summed E-state index contributed by atoms with van der Waals surface area (Å²) in [6, 6.07) is 4.47. The largest absolute Gasteiger partial charge is 0.478 e. The number of carboxylic acid groups (broad SMARTS) is 1. The van der Waals surface area contributed by atoms with Gasteiger partial charge in [-0.3, -0.25) is 0 Å². The Morgan fingerprint density at radius 1 is 1.50 bits per heavy atom. The van der Waals surface area contributed by atoms with E-state index in [1.165, 1.54) is 12.1 Å². The fourth-order valence-corrected chi connectivity index (χ4v) is 1.12. The van der Waals surface area contributed by atoms with Gasteiger partial charge in [-0.2, -0.15) is 0 Å². The van der Waals surface area contributed by atoms with Crippen LogP contribution < -0.4 is 5.73 Å². The second kappa shape index (κ2) is 3.78. The van der Waals surface area contributed by atoms with Crippen LogP contribution in [0.25, 0.3) is 0 Å². The molecule has 5 nitrogen and oxygen atoms in total. The smallest absolute Gasteiger partial charge is 0.335 e. The van der Waals surface area contributed by atoms with Crippen molar-refractivity contribution in [3.8, 4) is 0 Å². The molecule has 0 heterocycles. The summed E-state index contributed by atoms with van der Waals surface area (Å²) in [7, 11) is 0. The van der Waals surface area contributed by atoms with Crippen LogP contribution in [0, 0.1) is 6.92 Å². The van der Waals surface area contributed by atoms with Gasteiger partial charge in [0.1, 0.15) is 0 Å². The Hall–Kier alpha value is -2.04. The van der Waals surface area contributed by atoms with Crippen LogP contribution in [-0.4, -0.2) is 22.1 Å². The van der Waals surface area contributed by atoms with Crippen molar-refractivity contribution >= 4 is 11.8 Å². The van der Waals surface area contributed by atoms with Gasteiger partial charge in [0.15, 0.2) is 5.84 Å². The Morgan fingerprint density at radius 2 is 2.14 bits per heavy atom. The third kappa shape index (κ3) is 1.82. The molecule has 0 fully saturated rings. The van der Waals surface area contributed by atoms with E-state index in [9.17, 15) is 4.79 Å². The first kappa shape index (κ1) is 10.0. The van der Waals surface area contributed by atoms with Crippen LogP contribution in [-0.2, 0) is 0 Å². The van der Waals surface area contributed by atoms with Gasteiger partial charge in [-0.1, -0.05) is 11.2 Å². The number of benzene rings is 1. The van der Waals surface area contributed by atoms with E-state index in [0.29, 0.717) is 11.1 Å². The van der Waals surface area contributed by atoms with Crippen molar-refractivity contribution in [2.24, 2.45) is 10.9 Å². The lowest BCUT2D eigenvalue weighted by Crippen LogP contribution is -2.14. The zero-order valence-corrected chi connectivity index (χ0v) is 7.56. The monoisotopic (exact) mass is 194 g/mol. The van der Waals surface area contributed by atoms with Crippen LogP contribution >= 0.6 is 0 Å². The summed E-state index contributed by atoms with van der Waals surface area (Å²) in [5, 5.41) is 20.0. The lowest BCUT2D eigenvalue weighted by atomic mass is 10.0. The Bertz CT molecular complexity index is 399. The van der Waals surface area contributed by atoms with E-state index in [1.807, 2.05) is 0 Å². The Kier molecular flexibility index (Phi) is 2.71. The first-order valence-electron chi connectivity index (χ1n) is 3.88. The Labute approximate surface area is 80.5 Å². The third-order valence-electron chi connectivity index (χ3n) is 1.86. The van der Waals surface area contributed by atoms with Gasteiger partial charge in [-0.05, 0) is 24.6 Å². The van der Waals surface area contributed by atoms with Crippen molar-refractivity contribution in [1.82, 2.24) is 0 Å². The van der Waals surface area contributed by atoms with E-state index in [2.05, 4.69) is 5.16 Å². The molecule has 0 aromatic heterocycles. The highest BCUT2D eigenvalue weighted by Crippen LogP contribution is 2.10. The van der Waals surface area contributed by atoms with Crippen LogP contribution in [0.3, 0.4) is 0 Å². The molecule has 0 spiro atoms. The fourth-order valence-electron chi connectivity index (χ4n) is 1.12. The van der Waals surface area contributed by atoms with Crippen LogP contribution in [0.4, 0.5) is 0 Å². The summed E-state index contributed by atoms with van der Waals surface area (Å²) in [6.07, 6.45) is 0. The number of nitrogens with zero attached hydrogens (tertiary/aromatic N) is 1. The second-order valence-electron chi connectivity index (χ2n) is 2.82. The van der Waals surface area contributed by atoms with Crippen LogP contribution in [0.2, 0.25) is 0 Å². The van der Waals surface area contributed by atoms with Crippen LogP contribution in [0.5, 0.6) is 0 Å². The zero-order chi connectivity index (χ0) is 10.7. The van der Waals surface area contributed by atoms with Crippen molar-refractivity contribution in [2.75, 3.05) is 0 Å². The van der Waals surface area contributed by atoms with Crippen LogP contribution in [0.15, 0.2) is 23.4 Å². The van der Waals surface area contributed by atoms with Gasteiger partial charge in [-0.25, -0.2) is 4.79 Å². The van der Waals surface area contributed by atoms with Gasteiger partial charge in [0.05, 0.1) is 5.56 Å². The Morgan fingerprint density at radius 3 is 2.57 bits per heavy atom. The summed E-state index contributed by atoms with van der Waals surface area (Å²) in [5.41, 5.74) is 6.62. The van der Waals surface area contributed by atoms with E-state index >= 15 is 0 Å². The molecule has 0 radical (unpaired) electrons. The quantitative estimate of drug-likeness (QED) is 0.280. The molecule has 0 amide bonds. The normalized spacial score (nSPS) is 11.4. The number of rotatable bonds is 2. The molecule has 0 aliphatic carbocycles. The minimum atomic E-state index is -0.992. The minimum absolute atomic E-state index is 0.0370. The summed E-state index contributed by atoms with van der Waals surface area (Å²) in [5.74, 6) is -1.03. The number of aromatic carboxylic acids is 1. The van der Waals surface area contributed by atoms with E-state index in [1.54, 1.807) is 13.0 Å². The summed E-state index contributed by atoms with van der Waals surface area (Å²) >= 11 is 0. The molecule has 0 aliphatic rings. The molecule has 0 atom stereocenters. The summed E-state index contributed by atoms with van der Waals surface area (Å²) < 4.78 is 0. The molecule has 0 unspecified atom stereocenters. The van der Waals surface area contributed by atoms with Gasteiger partial charge in [0.25, 0.3) is 0 Å². The first-order valence-corrected chi connectivity index (χ1v) is 3.88. The number of aryl methyl sites for hydroxylation is 1. The number of hydrogen-bond acceptors (Lipinski definition) is 3. The maximum atomic E-state index is 10.7. The van der Waals surface area contributed by atoms with Gasteiger partial charge in [-0.15, -0.1) is 0 Å². The molecule has 1 aromatic carbocycles. The van der Waals surface area contributed by atoms with E-state index in [4.69, 9.17) is 16.0 Å². The molecule has 0 aliphatic heterocycles. The predicted octanol–water partition coefficient (Wildman–Crippen LogP) is 0.788. The molecule has 0 saturated heterocycles. The minimum Gasteiger partial charge on any atom is -0.478 e. The van der Waals surface area contributed by atoms with Gasteiger partial charge >= 0.3 is 5.97 Å². The van der Waals surface area contributed by atoms with Crippen molar-refractivity contribution in [2.45, 2.75) is 6.92 Å². The predicted molar refractivity (Wildman–Crippen MR) is 50.6 cm³/mol. The maximum Gasteiger partial charge on any atom is 0.335 e. The molecule has 1 aromatic rings. The highest BCUT2D eigenvalue weighted by atomic mass is 16.4. The number of carboxylic acids is 1. The maximum absolute atomic E-state index is 10.7. The number of carbonyl (C=O) groups is 1. The lowest BCUT2D eigenvalue weighted by Gasteiger charge is -2.03. The summed E-state index contributed by atoms with van der Waals surface area (Å²) in [4.78, 5) is 10.7. The standard InChI is InChI=1S/C9H10N2O3/c1-5-4-6(8(10)11-14)2-3-7(5)9(12)13/h2-4,14H,1H3,(H2,10,11)(H,12,13). The van der Waals surface area contributed by atoms with Crippen molar-refractivity contribution in [3.05, 3.63) is 34.9 Å². The number of nitrogens with two attached hydrogens (primary N) is 1. The molecular weight excluding hydrogens is 184 g/mol. The number of amidine groups is 1. The van der Waals surface area contributed by atoms with Gasteiger partial charge in [0.2, 0.25) is 0 Å². The zero-order valence-electron chi connectivity index (χ0n) is 7.56. The molecule has 5 heteroatoms. The SMILES string of the molecule is Cc1cc(/C(N)=N/O)ccc1C(=O)O. The van der Waals surface area contributed by atoms with E-state index < -0.39 is 5.97 Å². The van der Waals surface area contributed by atoms with Crippen molar-refractivity contribution < 1.29 is 15.1 Å². The van der Waals surface area contributed by atoms with Gasteiger partial charge in [0, 0.05) is 5.56 Å². The molecule has 0 bridgehead atoms. The molecule has 4 N–H and O–H groups in total. The highest BCUT2D eigenvalue weighted by molar-refractivity contribution is 5.98. The number of hydrogen-bond donors (Lipinski definition) is 3. The van der Waals surface area contributed by atoms with E-state index in [0.717, 1.165) is 0 Å². The number of oxime groups is 1. The van der Waals surface area contributed by atoms with Crippen molar-refractivity contribution in [1.29, 1.82) is 0 Å². The molecule has 0 saturated carbocycles. The topological polar surface area (TPSA) is 95.9 Å². The third-order valence-corrected chi connectivity index (χ3v) is 1.86. The molecular formula is C9H10N2O3. The van der Waals surface area contributed by atoms with E-state index in [-0.39, 0.29) is 11.4 Å². The average Bonchev–Trinajstić information content (AvgIpc) is 2.15. The van der Waals surface area contributed by atoms with Crippen molar-refractivity contribution in [3.63, 3.8) is 0 Å². The highest BCUT2D eigenvalue weighted by Gasteiger charge is 2.08. The van der Waals surface area contributed by atoms with Gasteiger partial charge < -0.3 is 16.0 Å². The second-order valence-corrected chi connectivity index (χ2v) is 2.82. The average molecular weight is 194 g/mol. The molecule has 14 heavy (non-hydrogen) atoms. The Balaban J connectivity index is 3.19. The lowest BCUT2D eigenvalue weighted by molar-refractivity contribution is 0.0696. The first-order chi connectivity index (χ1) is 6.56. The summed E-state index contributed by atoms with van der Waals surface area (Å²) in [6.45, 7) is 1.65. The molecule has 1 rings (SSSR count). The van der Waals surface area contributed by atoms with Crippen LogP contribution in [0.1, 0.15) is 21.5 Å².